The highest BCUT2D eigenvalue weighted by molar-refractivity contribution is 5.97. The number of nitrogens with two attached hydrogens (primary N) is 1. The zero-order valence-corrected chi connectivity index (χ0v) is 18.9. The third kappa shape index (κ3) is 3.69. The van der Waals surface area contributed by atoms with Gasteiger partial charge in [0.25, 0.3) is 0 Å². The van der Waals surface area contributed by atoms with E-state index in [1.165, 1.54) is 12.5 Å². The zero-order chi connectivity index (χ0) is 23.0. The first-order valence-corrected chi connectivity index (χ1v) is 10.9. The number of nitrogens with zero attached hydrogens (tertiary/aromatic N) is 3. The molecule has 0 fully saturated rings. The standard InChI is InChI=1S/C25H28N4O3/c1-5-18-8-6-9-19-20(14-28(24(18)19)11-7-10-26)23-25(31)29(32-17(4)30)22-13-16(3)15(2)12-21(22)27-23/h6,8-9,12-14H,5,7,10-11,26H2,1-4H3. The number of rotatable bonds is 6. The Bertz CT molecular complexity index is 1400. The van der Waals surface area contributed by atoms with Gasteiger partial charge < -0.3 is 15.1 Å². The molecule has 166 valence electrons. The van der Waals surface area contributed by atoms with Crippen LogP contribution >= 0.6 is 0 Å². The van der Waals surface area contributed by atoms with Crippen molar-refractivity contribution >= 4 is 27.9 Å². The Balaban J connectivity index is 2.07. The van der Waals surface area contributed by atoms with Crippen LogP contribution in [-0.4, -0.2) is 26.8 Å². The highest BCUT2D eigenvalue weighted by Crippen LogP contribution is 2.32. The van der Waals surface area contributed by atoms with Crippen LogP contribution in [0.3, 0.4) is 0 Å². The third-order valence-electron chi connectivity index (χ3n) is 5.87. The number of carbonyl (C=O) groups is 1. The first-order valence-electron chi connectivity index (χ1n) is 10.9. The van der Waals surface area contributed by atoms with Gasteiger partial charge in [0.05, 0.1) is 11.0 Å². The summed E-state index contributed by atoms with van der Waals surface area (Å²) in [5, 5.41) is 0.948. The lowest BCUT2D eigenvalue weighted by Gasteiger charge is -2.12. The summed E-state index contributed by atoms with van der Waals surface area (Å²) in [6, 6.07) is 9.84. The molecule has 0 atom stereocenters. The van der Waals surface area contributed by atoms with Crippen LogP contribution in [-0.2, 0) is 17.8 Å². The van der Waals surface area contributed by atoms with Crippen molar-refractivity contribution in [1.82, 2.24) is 14.3 Å². The molecule has 7 heteroatoms. The largest absolute Gasteiger partial charge is 0.347 e. The van der Waals surface area contributed by atoms with Crippen LogP contribution in [0, 0.1) is 13.8 Å². The topological polar surface area (TPSA) is 92.1 Å². The van der Waals surface area contributed by atoms with Crippen LogP contribution in [0.15, 0.2) is 41.3 Å². The number of hydrogen-bond donors (Lipinski definition) is 1. The predicted octanol–water partition coefficient (Wildman–Crippen LogP) is 3.52. The molecule has 0 unspecified atom stereocenters. The van der Waals surface area contributed by atoms with E-state index < -0.39 is 11.5 Å². The van der Waals surface area contributed by atoms with Crippen LogP contribution in [0.2, 0.25) is 0 Å². The molecule has 0 saturated heterocycles. The molecule has 2 N–H and O–H groups in total. The maximum absolute atomic E-state index is 13.5. The molecule has 7 nitrogen and oxygen atoms in total. The van der Waals surface area contributed by atoms with E-state index in [9.17, 15) is 9.59 Å². The van der Waals surface area contributed by atoms with Crippen LogP contribution < -0.4 is 16.1 Å². The number of aromatic nitrogens is 3. The molecule has 0 aliphatic rings. The lowest BCUT2D eigenvalue weighted by atomic mass is 10.0. The molecule has 0 bridgehead atoms. The molecule has 2 aromatic carbocycles. The second-order valence-electron chi connectivity index (χ2n) is 8.11. The Labute approximate surface area is 186 Å². The molecular formula is C25H28N4O3. The molecule has 0 saturated carbocycles. The average molecular weight is 433 g/mol. The summed E-state index contributed by atoms with van der Waals surface area (Å²) in [4.78, 5) is 35.4. The van der Waals surface area contributed by atoms with E-state index in [2.05, 4.69) is 17.6 Å². The molecule has 4 rings (SSSR count). The molecular weight excluding hydrogens is 404 g/mol. The van der Waals surface area contributed by atoms with Gasteiger partial charge >= 0.3 is 11.5 Å². The summed E-state index contributed by atoms with van der Waals surface area (Å²) < 4.78 is 3.22. The average Bonchev–Trinajstić information content (AvgIpc) is 3.14. The molecule has 4 aromatic rings. The van der Waals surface area contributed by atoms with Crippen molar-refractivity contribution in [3.8, 4) is 11.3 Å². The van der Waals surface area contributed by atoms with E-state index in [0.717, 1.165) is 51.7 Å². The molecule has 0 aliphatic carbocycles. The van der Waals surface area contributed by atoms with Crippen LogP contribution in [0.25, 0.3) is 33.2 Å². The van der Waals surface area contributed by atoms with Crippen molar-refractivity contribution < 1.29 is 9.63 Å². The van der Waals surface area contributed by atoms with E-state index in [4.69, 9.17) is 15.6 Å². The fourth-order valence-corrected chi connectivity index (χ4v) is 4.16. The van der Waals surface area contributed by atoms with Crippen molar-refractivity contribution in [2.45, 2.75) is 47.1 Å². The van der Waals surface area contributed by atoms with E-state index >= 15 is 0 Å². The van der Waals surface area contributed by atoms with Crippen LogP contribution in [0.4, 0.5) is 0 Å². The minimum atomic E-state index is -0.567. The summed E-state index contributed by atoms with van der Waals surface area (Å²) in [6.07, 6.45) is 3.65. The summed E-state index contributed by atoms with van der Waals surface area (Å²) in [6.45, 7) is 8.66. The lowest BCUT2D eigenvalue weighted by Crippen LogP contribution is -2.31. The van der Waals surface area contributed by atoms with Crippen molar-refractivity contribution in [3.05, 3.63) is 63.6 Å². The molecule has 0 aliphatic heterocycles. The fourth-order valence-electron chi connectivity index (χ4n) is 4.16. The number of para-hydroxylation sites is 1. The van der Waals surface area contributed by atoms with E-state index in [1.54, 1.807) is 0 Å². The molecule has 2 heterocycles. The van der Waals surface area contributed by atoms with Gasteiger partial charge in [-0.3, -0.25) is 4.79 Å². The van der Waals surface area contributed by atoms with E-state index in [1.807, 2.05) is 44.3 Å². The van der Waals surface area contributed by atoms with Gasteiger partial charge in [-0.2, -0.15) is 0 Å². The Morgan fingerprint density at radius 2 is 1.94 bits per heavy atom. The van der Waals surface area contributed by atoms with Crippen LogP contribution in [0.1, 0.15) is 37.0 Å². The Hall–Kier alpha value is -3.45. The second-order valence-corrected chi connectivity index (χ2v) is 8.11. The van der Waals surface area contributed by atoms with Gasteiger partial charge in [-0.25, -0.2) is 9.78 Å². The van der Waals surface area contributed by atoms with Gasteiger partial charge in [0.1, 0.15) is 11.2 Å². The molecule has 0 spiro atoms. The monoisotopic (exact) mass is 432 g/mol. The van der Waals surface area contributed by atoms with Gasteiger partial charge in [-0.05, 0) is 62.1 Å². The SMILES string of the molecule is CCc1cccc2c(-c3nc4cc(C)c(C)cc4n(OC(C)=O)c3=O)cn(CCCN)c12. The number of aryl methyl sites for hydroxylation is 4. The first-order chi connectivity index (χ1) is 15.3. The summed E-state index contributed by atoms with van der Waals surface area (Å²) in [5.74, 6) is -0.567. The van der Waals surface area contributed by atoms with Gasteiger partial charge in [0.2, 0.25) is 0 Å². The van der Waals surface area contributed by atoms with Crippen molar-refractivity contribution in [3.63, 3.8) is 0 Å². The number of benzene rings is 2. The Morgan fingerprint density at radius 1 is 1.19 bits per heavy atom. The van der Waals surface area contributed by atoms with E-state index in [-0.39, 0.29) is 5.69 Å². The van der Waals surface area contributed by atoms with Crippen molar-refractivity contribution in [2.24, 2.45) is 5.73 Å². The molecule has 0 radical (unpaired) electrons. The summed E-state index contributed by atoms with van der Waals surface area (Å²) in [5.41, 5.74) is 11.6. The zero-order valence-electron chi connectivity index (χ0n) is 18.9. The predicted molar refractivity (Wildman–Crippen MR) is 127 cm³/mol. The van der Waals surface area contributed by atoms with Crippen molar-refractivity contribution in [1.29, 1.82) is 0 Å². The Morgan fingerprint density at radius 3 is 2.62 bits per heavy atom. The normalized spacial score (nSPS) is 11.4. The first kappa shape index (κ1) is 21.8. The quantitative estimate of drug-likeness (QED) is 0.503. The van der Waals surface area contributed by atoms with Gasteiger partial charge in [-0.1, -0.05) is 25.1 Å². The number of hydrogen-bond acceptors (Lipinski definition) is 5. The minimum Gasteiger partial charge on any atom is -0.347 e. The molecule has 0 amide bonds. The number of carbonyl (C=O) groups excluding carboxylic acids is 1. The highest BCUT2D eigenvalue weighted by atomic mass is 16.7. The summed E-state index contributed by atoms with van der Waals surface area (Å²) in [7, 11) is 0. The van der Waals surface area contributed by atoms with Gasteiger partial charge in [0.15, 0.2) is 0 Å². The maximum atomic E-state index is 13.5. The molecule has 32 heavy (non-hydrogen) atoms. The Kier molecular flexibility index (Phi) is 5.84. The van der Waals surface area contributed by atoms with Gasteiger partial charge in [-0.15, -0.1) is 4.73 Å². The smallest absolute Gasteiger partial charge is 0.330 e. The van der Waals surface area contributed by atoms with Gasteiger partial charge in [0, 0.05) is 30.6 Å². The fraction of sp³-hybridized carbons (Fsp3) is 0.320. The third-order valence-corrected chi connectivity index (χ3v) is 5.87. The lowest BCUT2D eigenvalue weighted by molar-refractivity contribution is -0.141. The minimum absolute atomic E-state index is 0.256. The summed E-state index contributed by atoms with van der Waals surface area (Å²) >= 11 is 0. The highest BCUT2D eigenvalue weighted by Gasteiger charge is 2.21. The van der Waals surface area contributed by atoms with Crippen LogP contribution in [0.5, 0.6) is 0 Å². The molecule has 2 aromatic heterocycles. The number of fused-ring (bicyclic) bond motifs is 2. The van der Waals surface area contributed by atoms with E-state index in [0.29, 0.717) is 17.6 Å². The second kappa shape index (κ2) is 8.59. The van der Waals surface area contributed by atoms with Crippen molar-refractivity contribution in [2.75, 3.05) is 6.54 Å². The maximum Gasteiger partial charge on any atom is 0.330 e.